The fraction of sp³-hybridized carbons (Fsp3) is 0.276. The molecule has 0 aliphatic rings. The Morgan fingerprint density at radius 3 is 2.24 bits per heavy atom. The van der Waals surface area contributed by atoms with Crippen LogP contribution in [-0.4, -0.2) is 41.4 Å². The Kier molecular flexibility index (Phi) is 8.40. The number of aryl methyl sites for hydroxylation is 1. The van der Waals surface area contributed by atoms with Gasteiger partial charge in [-0.25, -0.2) is 4.79 Å². The van der Waals surface area contributed by atoms with Gasteiger partial charge in [0.05, 0.1) is 19.8 Å². The molecule has 1 aromatic heterocycles. The number of methoxy groups -OCH3 is 1. The van der Waals surface area contributed by atoms with Gasteiger partial charge >= 0.3 is 6.09 Å². The minimum Gasteiger partial charge on any atom is -0.497 e. The molecule has 8 nitrogen and oxygen atoms in total. The zero-order valence-corrected chi connectivity index (χ0v) is 21.5. The van der Waals surface area contributed by atoms with Crippen LogP contribution in [0.1, 0.15) is 36.8 Å². The van der Waals surface area contributed by atoms with E-state index in [0.29, 0.717) is 42.8 Å². The maximum Gasteiger partial charge on any atom is 0.415 e. The van der Waals surface area contributed by atoms with Gasteiger partial charge < -0.3 is 23.6 Å². The molecule has 0 aliphatic carbocycles. The van der Waals surface area contributed by atoms with Crippen LogP contribution >= 0.6 is 0 Å². The predicted molar refractivity (Wildman–Crippen MR) is 140 cm³/mol. The summed E-state index contributed by atoms with van der Waals surface area (Å²) < 4.78 is 21.9. The molecular weight excluding hydrogens is 470 g/mol. The molecule has 0 radical (unpaired) electrons. The van der Waals surface area contributed by atoms with E-state index in [0.717, 1.165) is 16.9 Å². The molecule has 0 bridgehead atoms. The Hall–Kier alpha value is -4.33. The van der Waals surface area contributed by atoms with Crippen LogP contribution < -0.4 is 14.2 Å². The van der Waals surface area contributed by atoms with Crippen molar-refractivity contribution in [1.82, 2.24) is 15.0 Å². The molecule has 0 fully saturated rings. The molecule has 0 unspecified atom stereocenters. The Morgan fingerprint density at radius 2 is 1.59 bits per heavy atom. The van der Waals surface area contributed by atoms with Gasteiger partial charge in [-0.05, 0) is 74.9 Å². The standard InChI is InChI=1S/C29H31N3O5/c1-5-32(29(33)36-26-16-14-24(34-4)15-17-26)21(3)22-10-12-25(13-11-22)35-19-18-27-30-28(37-31-27)23-8-6-20(2)7-9-23/h6-17,21H,5,18-19H2,1-4H3/t21-/m0/s1. The molecule has 1 atom stereocenters. The van der Waals surface area contributed by atoms with Crippen LogP contribution in [0.4, 0.5) is 4.79 Å². The minimum absolute atomic E-state index is 0.177. The number of benzene rings is 3. The van der Waals surface area contributed by atoms with Gasteiger partial charge in [0.2, 0.25) is 0 Å². The third-order valence-electron chi connectivity index (χ3n) is 6.03. The molecule has 1 heterocycles. The van der Waals surface area contributed by atoms with E-state index in [9.17, 15) is 4.79 Å². The second kappa shape index (κ2) is 12.1. The quantitative estimate of drug-likeness (QED) is 0.254. The summed E-state index contributed by atoms with van der Waals surface area (Å²) in [5.41, 5.74) is 3.04. The SMILES string of the molecule is CCN(C(=O)Oc1ccc(OC)cc1)[C@@H](C)c1ccc(OCCc2noc(-c3ccc(C)cc3)n2)cc1. The van der Waals surface area contributed by atoms with Crippen molar-refractivity contribution in [3.63, 3.8) is 0 Å². The van der Waals surface area contributed by atoms with E-state index in [1.807, 2.05) is 69.3 Å². The number of carbonyl (C=O) groups is 1. The summed E-state index contributed by atoms with van der Waals surface area (Å²) in [7, 11) is 1.59. The summed E-state index contributed by atoms with van der Waals surface area (Å²) in [4.78, 5) is 18.9. The lowest BCUT2D eigenvalue weighted by atomic mass is 10.1. The Morgan fingerprint density at radius 1 is 0.946 bits per heavy atom. The van der Waals surface area contributed by atoms with Crippen LogP contribution in [0.5, 0.6) is 17.2 Å². The molecule has 37 heavy (non-hydrogen) atoms. The van der Waals surface area contributed by atoms with E-state index in [-0.39, 0.29) is 6.04 Å². The topological polar surface area (TPSA) is 86.9 Å². The molecular formula is C29H31N3O5. The van der Waals surface area contributed by atoms with E-state index in [2.05, 4.69) is 10.1 Å². The van der Waals surface area contributed by atoms with Crippen LogP contribution in [0.2, 0.25) is 0 Å². The first kappa shape index (κ1) is 25.8. The number of nitrogens with zero attached hydrogens (tertiary/aromatic N) is 3. The summed E-state index contributed by atoms with van der Waals surface area (Å²) in [5, 5.41) is 4.05. The van der Waals surface area contributed by atoms with Crippen molar-refractivity contribution in [1.29, 1.82) is 0 Å². The smallest absolute Gasteiger partial charge is 0.415 e. The monoisotopic (exact) mass is 501 g/mol. The first-order chi connectivity index (χ1) is 18.0. The van der Waals surface area contributed by atoms with Crippen molar-refractivity contribution in [2.24, 2.45) is 0 Å². The Bertz CT molecular complexity index is 1280. The lowest BCUT2D eigenvalue weighted by Crippen LogP contribution is -2.35. The van der Waals surface area contributed by atoms with E-state index >= 15 is 0 Å². The zero-order valence-electron chi connectivity index (χ0n) is 21.5. The number of hydrogen-bond donors (Lipinski definition) is 0. The summed E-state index contributed by atoms with van der Waals surface area (Å²) in [6, 6.07) is 22.4. The van der Waals surface area contributed by atoms with Crippen molar-refractivity contribution in [2.45, 2.75) is 33.2 Å². The molecule has 4 aromatic rings. The highest BCUT2D eigenvalue weighted by Gasteiger charge is 2.22. The van der Waals surface area contributed by atoms with E-state index in [1.165, 1.54) is 5.56 Å². The molecule has 0 saturated carbocycles. The molecule has 3 aromatic carbocycles. The van der Waals surface area contributed by atoms with E-state index < -0.39 is 6.09 Å². The molecule has 1 amide bonds. The van der Waals surface area contributed by atoms with Crippen LogP contribution in [0, 0.1) is 6.92 Å². The first-order valence-electron chi connectivity index (χ1n) is 12.2. The van der Waals surface area contributed by atoms with E-state index in [1.54, 1.807) is 36.3 Å². The van der Waals surface area contributed by atoms with Crippen molar-refractivity contribution < 1.29 is 23.5 Å². The highest BCUT2D eigenvalue weighted by atomic mass is 16.6. The second-order valence-corrected chi connectivity index (χ2v) is 8.55. The second-order valence-electron chi connectivity index (χ2n) is 8.55. The summed E-state index contributed by atoms with van der Waals surface area (Å²) in [5.74, 6) is 2.98. The lowest BCUT2D eigenvalue weighted by molar-refractivity contribution is 0.138. The number of ether oxygens (including phenoxy) is 3. The van der Waals surface area contributed by atoms with Crippen molar-refractivity contribution in [3.8, 4) is 28.7 Å². The maximum atomic E-state index is 12.8. The summed E-state index contributed by atoms with van der Waals surface area (Å²) in [6.07, 6.45) is 0.111. The maximum absolute atomic E-state index is 12.8. The molecule has 0 aliphatic heterocycles. The van der Waals surface area contributed by atoms with Gasteiger partial charge in [0, 0.05) is 18.5 Å². The number of rotatable bonds is 10. The van der Waals surface area contributed by atoms with Gasteiger partial charge in [0.15, 0.2) is 5.82 Å². The molecule has 0 spiro atoms. The zero-order chi connectivity index (χ0) is 26.2. The number of aromatic nitrogens is 2. The van der Waals surface area contributed by atoms with Gasteiger partial charge in [-0.15, -0.1) is 0 Å². The highest BCUT2D eigenvalue weighted by Crippen LogP contribution is 2.25. The molecule has 192 valence electrons. The van der Waals surface area contributed by atoms with Crippen LogP contribution in [0.25, 0.3) is 11.5 Å². The fourth-order valence-electron chi connectivity index (χ4n) is 3.82. The fourth-order valence-corrected chi connectivity index (χ4v) is 3.82. The summed E-state index contributed by atoms with van der Waals surface area (Å²) >= 11 is 0. The molecule has 0 N–H and O–H groups in total. The van der Waals surface area contributed by atoms with Gasteiger partial charge in [-0.2, -0.15) is 4.98 Å². The van der Waals surface area contributed by atoms with E-state index in [4.69, 9.17) is 18.7 Å². The molecule has 4 rings (SSSR count). The van der Waals surface area contributed by atoms with Gasteiger partial charge in [-0.1, -0.05) is 35.0 Å². The Labute approximate surface area is 216 Å². The molecule has 8 heteroatoms. The van der Waals surface area contributed by atoms with Gasteiger partial charge in [0.1, 0.15) is 17.2 Å². The Balaban J connectivity index is 1.29. The minimum atomic E-state index is -0.411. The highest BCUT2D eigenvalue weighted by molar-refractivity contribution is 5.71. The van der Waals surface area contributed by atoms with Gasteiger partial charge in [-0.3, -0.25) is 0 Å². The summed E-state index contributed by atoms with van der Waals surface area (Å²) in [6.45, 7) is 6.84. The van der Waals surface area contributed by atoms with Crippen LogP contribution in [0.3, 0.4) is 0 Å². The third kappa shape index (κ3) is 6.67. The first-order valence-corrected chi connectivity index (χ1v) is 12.2. The van der Waals surface area contributed by atoms with Crippen LogP contribution in [-0.2, 0) is 6.42 Å². The van der Waals surface area contributed by atoms with Crippen molar-refractivity contribution in [2.75, 3.05) is 20.3 Å². The largest absolute Gasteiger partial charge is 0.497 e. The van der Waals surface area contributed by atoms with Crippen LogP contribution in [0.15, 0.2) is 77.3 Å². The number of amides is 1. The normalized spacial score (nSPS) is 11.6. The third-order valence-corrected chi connectivity index (χ3v) is 6.03. The average Bonchev–Trinajstić information content (AvgIpc) is 3.39. The predicted octanol–water partition coefficient (Wildman–Crippen LogP) is 6.26. The van der Waals surface area contributed by atoms with Gasteiger partial charge in [0.25, 0.3) is 5.89 Å². The average molecular weight is 502 g/mol. The molecule has 0 saturated heterocycles. The number of carbonyl (C=O) groups excluding carboxylic acids is 1. The van der Waals surface area contributed by atoms with Crippen molar-refractivity contribution in [3.05, 3.63) is 89.7 Å². The number of hydrogen-bond acceptors (Lipinski definition) is 7. The van der Waals surface area contributed by atoms with Crippen molar-refractivity contribution >= 4 is 6.09 Å². The lowest BCUT2D eigenvalue weighted by Gasteiger charge is -2.27.